The maximum Gasteiger partial charge on any atom is 0.133 e. The van der Waals surface area contributed by atoms with Gasteiger partial charge in [-0.05, 0) is 76.2 Å². The van der Waals surface area contributed by atoms with Gasteiger partial charge in [0, 0.05) is 33.3 Å². The Bertz CT molecular complexity index is 2120. The lowest BCUT2D eigenvalue weighted by Crippen LogP contribution is -2.31. The standard InChI is InChI=1S/C40H30N4S/c1-25-16-18-26(19-17-25)37(41)38(44-39(42)28-9-8-22-43-24-28)27-20-21-32-30(23-27)29-10-2-3-11-31(29)40(32)33-12-4-6-14-35(33)45-36-15-7-5-13-34(36)40/h2-24H,41H2,1H3,(H2,42,44)/b38-37-. The number of aryl methyl sites for hydroxylation is 1. The topological polar surface area (TPSA) is 77.3 Å². The fraction of sp³-hybridized carbons (Fsp3) is 0.0500. The first-order valence-corrected chi connectivity index (χ1v) is 15.8. The highest BCUT2D eigenvalue weighted by molar-refractivity contribution is 7.99. The molecule has 0 bridgehead atoms. The van der Waals surface area contributed by atoms with Crippen molar-refractivity contribution in [1.82, 2.24) is 4.98 Å². The molecule has 0 fully saturated rings. The molecule has 0 unspecified atom stereocenters. The number of aliphatic imine (C=N–C) groups is 1. The highest BCUT2D eigenvalue weighted by Crippen LogP contribution is 2.62. The summed E-state index contributed by atoms with van der Waals surface area (Å²) in [4.78, 5) is 11.8. The molecule has 1 aromatic heterocycles. The van der Waals surface area contributed by atoms with Crippen LogP contribution in [0.15, 0.2) is 155 Å². The Labute approximate surface area is 267 Å². The van der Waals surface area contributed by atoms with Crippen LogP contribution in [0.1, 0.15) is 44.5 Å². The smallest absolute Gasteiger partial charge is 0.133 e. The Morgan fingerprint density at radius 1 is 0.622 bits per heavy atom. The van der Waals surface area contributed by atoms with Crippen molar-refractivity contribution in [3.63, 3.8) is 0 Å². The van der Waals surface area contributed by atoms with Gasteiger partial charge in [0.15, 0.2) is 0 Å². The quantitative estimate of drug-likeness (QED) is 0.121. The molecule has 0 radical (unpaired) electrons. The molecule has 0 atom stereocenters. The van der Waals surface area contributed by atoms with E-state index in [2.05, 4.69) is 115 Å². The number of benzene rings is 5. The normalized spacial score (nSPS) is 14.6. The predicted octanol–water partition coefficient (Wildman–Crippen LogP) is 8.41. The van der Waals surface area contributed by atoms with E-state index in [1.807, 2.05) is 36.0 Å². The van der Waals surface area contributed by atoms with Crippen LogP contribution < -0.4 is 11.5 Å². The first-order valence-electron chi connectivity index (χ1n) is 15.0. The average Bonchev–Trinajstić information content (AvgIpc) is 3.38. The number of hydrogen-bond acceptors (Lipinski definition) is 4. The third kappa shape index (κ3) is 4.23. The maximum absolute atomic E-state index is 6.95. The van der Waals surface area contributed by atoms with Crippen LogP contribution in [0.4, 0.5) is 0 Å². The monoisotopic (exact) mass is 598 g/mol. The van der Waals surface area contributed by atoms with Crippen molar-refractivity contribution in [3.05, 3.63) is 184 Å². The molecule has 2 aliphatic rings. The Morgan fingerprint density at radius 3 is 1.93 bits per heavy atom. The maximum atomic E-state index is 6.95. The summed E-state index contributed by atoms with van der Waals surface area (Å²) in [5, 5.41) is 0. The number of rotatable bonds is 4. The van der Waals surface area contributed by atoms with Gasteiger partial charge in [-0.25, -0.2) is 4.99 Å². The van der Waals surface area contributed by atoms with Gasteiger partial charge in [-0.1, -0.05) is 114 Å². The van der Waals surface area contributed by atoms with Crippen LogP contribution in [0.5, 0.6) is 0 Å². The summed E-state index contributed by atoms with van der Waals surface area (Å²) in [5.41, 5.74) is 25.5. The van der Waals surface area contributed by atoms with Crippen LogP contribution in [-0.2, 0) is 5.41 Å². The van der Waals surface area contributed by atoms with Gasteiger partial charge >= 0.3 is 0 Å². The molecule has 0 saturated carbocycles. The van der Waals surface area contributed by atoms with E-state index in [9.17, 15) is 0 Å². The summed E-state index contributed by atoms with van der Waals surface area (Å²) < 4.78 is 0. The first-order chi connectivity index (χ1) is 22.1. The fourth-order valence-corrected chi connectivity index (χ4v) is 8.05. The minimum Gasteiger partial charge on any atom is -0.396 e. The second-order valence-electron chi connectivity index (χ2n) is 11.5. The number of pyridine rings is 1. The molecule has 5 aromatic carbocycles. The van der Waals surface area contributed by atoms with E-state index in [-0.39, 0.29) is 0 Å². The summed E-state index contributed by atoms with van der Waals surface area (Å²) in [6.45, 7) is 2.07. The van der Waals surface area contributed by atoms with Crippen molar-refractivity contribution in [2.24, 2.45) is 16.5 Å². The molecule has 0 saturated heterocycles. The Hall–Kier alpha value is -5.39. The summed E-state index contributed by atoms with van der Waals surface area (Å²) in [6, 6.07) is 45.1. The zero-order valence-electron chi connectivity index (χ0n) is 24.7. The average molecular weight is 599 g/mol. The minimum atomic E-state index is -0.437. The molecule has 45 heavy (non-hydrogen) atoms. The van der Waals surface area contributed by atoms with Crippen LogP contribution in [0.2, 0.25) is 0 Å². The summed E-state index contributed by atoms with van der Waals surface area (Å²) in [7, 11) is 0. The molecule has 0 amide bonds. The molecule has 1 aliphatic carbocycles. The number of aromatic nitrogens is 1. The molecular weight excluding hydrogens is 569 g/mol. The number of nitrogens with two attached hydrogens (primary N) is 2. The largest absolute Gasteiger partial charge is 0.396 e. The highest BCUT2D eigenvalue weighted by atomic mass is 32.2. The van der Waals surface area contributed by atoms with E-state index in [4.69, 9.17) is 16.5 Å². The third-order valence-corrected chi connectivity index (χ3v) is 10.1. The van der Waals surface area contributed by atoms with Crippen molar-refractivity contribution in [2.45, 2.75) is 22.1 Å². The number of amidine groups is 1. The number of hydrogen-bond donors (Lipinski definition) is 2. The Kier molecular flexibility index (Phi) is 6.43. The lowest BCUT2D eigenvalue weighted by Gasteiger charge is -2.39. The number of nitrogens with zero attached hydrogens (tertiary/aromatic N) is 2. The van der Waals surface area contributed by atoms with Crippen LogP contribution in [0.3, 0.4) is 0 Å². The summed E-state index contributed by atoms with van der Waals surface area (Å²) in [5.74, 6) is 0.359. The predicted molar refractivity (Wildman–Crippen MR) is 185 cm³/mol. The van der Waals surface area contributed by atoms with Gasteiger partial charge in [0.2, 0.25) is 0 Å². The van der Waals surface area contributed by atoms with E-state index < -0.39 is 5.41 Å². The lowest BCUT2D eigenvalue weighted by molar-refractivity contribution is 0.722. The second-order valence-corrected chi connectivity index (χ2v) is 12.6. The van der Waals surface area contributed by atoms with Crippen molar-refractivity contribution in [1.29, 1.82) is 0 Å². The summed E-state index contributed by atoms with van der Waals surface area (Å²) in [6.07, 6.45) is 3.44. The van der Waals surface area contributed by atoms with E-state index >= 15 is 0 Å². The molecular formula is C40H30N4S. The molecule has 4 N–H and O–H groups in total. The van der Waals surface area contributed by atoms with Crippen LogP contribution in [0, 0.1) is 6.92 Å². The van der Waals surface area contributed by atoms with Crippen LogP contribution in [0.25, 0.3) is 22.5 Å². The number of fused-ring (bicyclic) bond motifs is 9. The third-order valence-electron chi connectivity index (χ3n) is 8.93. The van der Waals surface area contributed by atoms with Gasteiger partial charge < -0.3 is 11.5 Å². The van der Waals surface area contributed by atoms with Crippen molar-refractivity contribution < 1.29 is 0 Å². The first kappa shape index (κ1) is 27.2. The Morgan fingerprint density at radius 2 is 1.24 bits per heavy atom. The zero-order chi connectivity index (χ0) is 30.5. The second kappa shape index (κ2) is 10.7. The molecule has 5 heteroatoms. The van der Waals surface area contributed by atoms with Crippen LogP contribution in [-0.4, -0.2) is 10.8 Å². The van der Waals surface area contributed by atoms with Crippen molar-refractivity contribution in [3.8, 4) is 11.1 Å². The van der Waals surface area contributed by atoms with E-state index in [1.54, 1.807) is 12.4 Å². The van der Waals surface area contributed by atoms with Gasteiger partial charge in [-0.2, -0.15) is 0 Å². The van der Waals surface area contributed by atoms with E-state index in [1.165, 1.54) is 43.2 Å². The molecule has 216 valence electrons. The van der Waals surface area contributed by atoms with Gasteiger partial charge in [0.1, 0.15) is 5.84 Å². The van der Waals surface area contributed by atoms with E-state index in [0.29, 0.717) is 17.2 Å². The van der Waals surface area contributed by atoms with Gasteiger partial charge in [0.05, 0.1) is 16.8 Å². The van der Waals surface area contributed by atoms with Gasteiger partial charge in [-0.3, -0.25) is 4.98 Å². The van der Waals surface area contributed by atoms with E-state index in [0.717, 1.165) is 22.3 Å². The Balaban J connectivity index is 1.40. The zero-order valence-corrected chi connectivity index (χ0v) is 25.6. The van der Waals surface area contributed by atoms with Gasteiger partial charge in [-0.15, -0.1) is 0 Å². The molecule has 6 aromatic rings. The van der Waals surface area contributed by atoms with Gasteiger partial charge in [0.25, 0.3) is 0 Å². The fourth-order valence-electron chi connectivity index (χ4n) is 6.86. The van der Waals surface area contributed by atoms with Crippen molar-refractivity contribution in [2.75, 3.05) is 0 Å². The molecule has 2 heterocycles. The minimum absolute atomic E-state index is 0.359. The molecule has 4 nitrogen and oxygen atoms in total. The molecule has 1 aliphatic heterocycles. The highest BCUT2D eigenvalue weighted by Gasteiger charge is 2.50. The summed E-state index contributed by atoms with van der Waals surface area (Å²) >= 11 is 1.85. The lowest BCUT2D eigenvalue weighted by atomic mass is 9.67. The molecule has 1 spiro atoms. The molecule has 8 rings (SSSR count). The SMILES string of the molecule is Cc1ccc(/C(N)=C(/N=C(\N)c2cccnc2)c2ccc3c(c2)-c2ccccc2C32c3ccccc3Sc3ccccc32)cc1. The van der Waals surface area contributed by atoms with Crippen molar-refractivity contribution >= 4 is 29.0 Å². The van der Waals surface area contributed by atoms with Crippen LogP contribution >= 0.6 is 11.8 Å².